The van der Waals surface area contributed by atoms with E-state index in [1.807, 2.05) is 37.3 Å². The van der Waals surface area contributed by atoms with Crippen LogP contribution in [-0.2, 0) is 25.7 Å². The lowest BCUT2D eigenvalue weighted by atomic mass is 10.2. The topological polar surface area (TPSA) is 64.6 Å². The predicted octanol–water partition coefficient (Wildman–Crippen LogP) is 2.05. The lowest BCUT2D eigenvalue weighted by Gasteiger charge is -2.13. The first-order valence-corrected chi connectivity index (χ1v) is 7.22. The molecule has 0 saturated carbocycles. The fraction of sp³-hybridized carbons (Fsp3) is 0.500. The minimum absolute atomic E-state index is 0.178. The van der Waals surface area contributed by atoms with E-state index in [4.69, 9.17) is 9.47 Å². The molecular weight excluding hydrogens is 270 g/mol. The molecule has 1 N–H and O–H groups in total. The van der Waals surface area contributed by atoms with Crippen molar-refractivity contribution >= 4 is 11.9 Å². The average molecular weight is 293 g/mol. The van der Waals surface area contributed by atoms with Crippen molar-refractivity contribution in [2.45, 2.75) is 39.4 Å². The van der Waals surface area contributed by atoms with Gasteiger partial charge in [0, 0.05) is 6.54 Å². The molecule has 116 valence electrons. The van der Waals surface area contributed by atoms with Crippen LogP contribution in [0.1, 0.15) is 32.3 Å². The second-order valence-corrected chi connectivity index (χ2v) is 4.70. The molecule has 0 saturated heterocycles. The Morgan fingerprint density at radius 3 is 2.62 bits per heavy atom. The molecule has 0 aliphatic heterocycles. The fourth-order valence-electron chi connectivity index (χ4n) is 1.59. The molecule has 1 aromatic rings. The highest BCUT2D eigenvalue weighted by Gasteiger charge is 2.13. The van der Waals surface area contributed by atoms with Crippen LogP contribution in [0.3, 0.4) is 0 Å². The van der Waals surface area contributed by atoms with Gasteiger partial charge in [-0.2, -0.15) is 0 Å². The number of carbonyl (C=O) groups is 2. The lowest BCUT2D eigenvalue weighted by Crippen LogP contribution is -2.35. The van der Waals surface area contributed by atoms with Crippen molar-refractivity contribution in [2.24, 2.45) is 0 Å². The number of nitrogens with one attached hydrogen (secondary N) is 1. The molecule has 1 amide bonds. The first-order chi connectivity index (χ1) is 10.1. The van der Waals surface area contributed by atoms with Gasteiger partial charge < -0.3 is 14.8 Å². The van der Waals surface area contributed by atoms with Crippen LogP contribution in [0.2, 0.25) is 0 Å². The zero-order valence-electron chi connectivity index (χ0n) is 12.6. The van der Waals surface area contributed by atoms with E-state index in [1.165, 1.54) is 0 Å². The van der Waals surface area contributed by atoms with Gasteiger partial charge in [-0.15, -0.1) is 0 Å². The molecule has 0 aliphatic carbocycles. The number of hydrogen-bond acceptors (Lipinski definition) is 4. The number of ether oxygens (including phenoxy) is 2. The molecule has 1 atom stereocenters. The summed E-state index contributed by atoms with van der Waals surface area (Å²) in [6.45, 7) is 4.69. The second kappa shape index (κ2) is 9.94. The standard InChI is InChI=1S/C16H23NO4/c1-3-11-20-15(18)9-10-17-16(19)13(2)21-12-14-7-5-4-6-8-14/h4-8,13H,3,9-12H2,1-2H3,(H,17,19). The second-order valence-electron chi connectivity index (χ2n) is 4.70. The van der Waals surface area contributed by atoms with Crippen molar-refractivity contribution in [3.8, 4) is 0 Å². The maximum absolute atomic E-state index is 11.8. The Morgan fingerprint density at radius 2 is 1.95 bits per heavy atom. The lowest BCUT2D eigenvalue weighted by molar-refractivity contribution is -0.143. The van der Waals surface area contributed by atoms with Gasteiger partial charge in [-0.1, -0.05) is 37.3 Å². The van der Waals surface area contributed by atoms with Gasteiger partial charge in [-0.25, -0.2) is 0 Å². The van der Waals surface area contributed by atoms with Crippen LogP contribution in [-0.4, -0.2) is 31.1 Å². The van der Waals surface area contributed by atoms with Crippen molar-refractivity contribution in [2.75, 3.05) is 13.2 Å². The summed E-state index contributed by atoms with van der Waals surface area (Å²) in [5.74, 6) is -0.524. The number of hydrogen-bond donors (Lipinski definition) is 1. The number of benzene rings is 1. The third-order valence-corrected chi connectivity index (χ3v) is 2.81. The van der Waals surface area contributed by atoms with Crippen LogP contribution in [0, 0.1) is 0 Å². The first-order valence-electron chi connectivity index (χ1n) is 7.22. The summed E-state index contributed by atoms with van der Waals surface area (Å²) < 4.78 is 10.4. The van der Waals surface area contributed by atoms with Crippen LogP contribution >= 0.6 is 0 Å². The van der Waals surface area contributed by atoms with E-state index in [1.54, 1.807) is 6.92 Å². The Morgan fingerprint density at radius 1 is 1.24 bits per heavy atom. The summed E-state index contributed by atoms with van der Waals surface area (Å²) >= 11 is 0. The van der Waals surface area contributed by atoms with E-state index in [2.05, 4.69) is 5.32 Å². The number of rotatable bonds is 9. The zero-order chi connectivity index (χ0) is 15.5. The number of esters is 1. The summed E-state index contributed by atoms with van der Waals surface area (Å²) in [4.78, 5) is 23.0. The summed E-state index contributed by atoms with van der Waals surface area (Å²) in [6, 6.07) is 9.65. The Balaban J connectivity index is 2.18. The minimum Gasteiger partial charge on any atom is -0.466 e. The molecule has 0 heterocycles. The van der Waals surface area contributed by atoms with Crippen LogP contribution in [0.25, 0.3) is 0 Å². The molecule has 0 aromatic heterocycles. The molecule has 0 bridgehead atoms. The normalized spacial score (nSPS) is 11.7. The largest absolute Gasteiger partial charge is 0.466 e. The molecule has 0 fully saturated rings. The monoisotopic (exact) mass is 293 g/mol. The van der Waals surface area contributed by atoms with Gasteiger partial charge in [0.25, 0.3) is 0 Å². The van der Waals surface area contributed by atoms with Crippen molar-refractivity contribution in [3.63, 3.8) is 0 Å². The highest BCUT2D eigenvalue weighted by atomic mass is 16.5. The van der Waals surface area contributed by atoms with Gasteiger partial charge in [0.2, 0.25) is 5.91 Å². The van der Waals surface area contributed by atoms with Crippen molar-refractivity contribution < 1.29 is 19.1 Å². The maximum Gasteiger partial charge on any atom is 0.307 e. The summed E-state index contributed by atoms with van der Waals surface area (Å²) in [5, 5.41) is 2.66. The summed E-state index contributed by atoms with van der Waals surface area (Å²) in [5.41, 5.74) is 1.01. The Bertz CT molecular complexity index is 433. The Labute approximate surface area is 125 Å². The van der Waals surface area contributed by atoms with Crippen molar-refractivity contribution in [1.82, 2.24) is 5.32 Å². The predicted molar refractivity (Wildman–Crippen MR) is 79.6 cm³/mol. The highest BCUT2D eigenvalue weighted by Crippen LogP contribution is 2.03. The van der Waals surface area contributed by atoms with Crippen LogP contribution in [0.15, 0.2) is 30.3 Å². The molecule has 21 heavy (non-hydrogen) atoms. The van der Waals surface area contributed by atoms with Crippen LogP contribution < -0.4 is 5.32 Å². The van der Waals surface area contributed by atoms with Crippen molar-refractivity contribution in [3.05, 3.63) is 35.9 Å². The van der Waals surface area contributed by atoms with Crippen LogP contribution in [0.5, 0.6) is 0 Å². The zero-order valence-corrected chi connectivity index (χ0v) is 12.6. The van der Waals surface area contributed by atoms with E-state index in [0.717, 1.165) is 12.0 Å². The molecule has 0 aliphatic rings. The van der Waals surface area contributed by atoms with E-state index in [0.29, 0.717) is 13.2 Å². The van der Waals surface area contributed by atoms with Crippen LogP contribution in [0.4, 0.5) is 0 Å². The van der Waals surface area contributed by atoms with E-state index in [9.17, 15) is 9.59 Å². The van der Waals surface area contributed by atoms with Gasteiger partial charge in [-0.05, 0) is 18.9 Å². The average Bonchev–Trinajstić information content (AvgIpc) is 2.51. The van der Waals surface area contributed by atoms with Gasteiger partial charge in [0.1, 0.15) is 6.10 Å². The smallest absolute Gasteiger partial charge is 0.307 e. The van der Waals surface area contributed by atoms with Gasteiger partial charge in [0.15, 0.2) is 0 Å². The van der Waals surface area contributed by atoms with Gasteiger partial charge >= 0.3 is 5.97 Å². The maximum atomic E-state index is 11.8. The molecule has 5 heteroatoms. The van der Waals surface area contributed by atoms with Gasteiger partial charge in [-0.3, -0.25) is 9.59 Å². The molecule has 1 unspecified atom stereocenters. The molecule has 5 nitrogen and oxygen atoms in total. The molecule has 0 radical (unpaired) electrons. The molecule has 1 rings (SSSR count). The summed E-state index contributed by atoms with van der Waals surface area (Å²) in [6.07, 6.45) is 0.413. The number of amides is 1. The molecule has 0 spiro atoms. The highest BCUT2D eigenvalue weighted by molar-refractivity contribution is 5.80. The van der Waals surface area contributed by atoms with E-state index in [-0.39, 0.29) is 24.8 Å². The Hall–Kier alpha value is -1.88. The first kappa shape index (κ1) is 17.2. The van der Waals surface area contributed by atoms with E-state index < -0.39 is 6.10 Å². The quantitative estimate of drug-likeness (QED) is 0.708. The van der Waals surface area contributed by atoms with Crippen molar-refractivity contribution in [1.29, 1.82) is 0 Å². The Kier molecular flexibility index (Phi) is 8.12. The minimum atomic E-state index is -0.558. The molecule has 1 aromatic carbocycles. The SMILES string of the molecule is CCCOC(=O)CCNC(=O)C(C)OCc1ccccc1. The van der Waals surface area contributed by atoms with E-state index >= 15 is 0 Å². The third kappa shape index (κ3) is 7.46. The van der Waals surface area contributed by atoms with Gasteiger partial charge in [0.05, 0.1) is 19.6 Å². The number of carbonyl (C=O) groups excluding carboxylic acids is 2. The fourth-order valence-corrected chi connectivity index (χ4v) is 1.59. The third-order valence-electron chi connectivity index (χ3n) is 2.81. The molecular formula is C16H23NO4. The summed E-state index contributed by atoms with van der Waals surface area (Å²) in [7, 11) is 0.